The quantitative estimate of drug-likeness (QED) is 0.837. The highest BCUT2D eigenvalue weighted by atomic mass is 32.2. The van der Waals surface area contributed by atoms with Crippen molar-refractivity contribution in [1.29, 1.82) is 0 Å². The molecule has 0 aromatic heterocycles. The third-order valence-electron chi connectivity index (χ3n) is 4.93. The van der Waals surface area contributed by atoms with Crippen molar-refractivity contribution in [1.82, 2.24) is 4.31 Å². The van der Waals surface area contributed by atoms with Crippen molar-refractivity contribution in [3.8, 4) is 0 Å². The van der Waals surface area contributed by atoms with Crippen LogP contribution in [-0.2, 0) is 10.0 Å². The lowest BCUT2D eigenvalue weighted by atomic mass is 9.81. The SMILES string of the molecule is Cc1ccc(S(=O)(=O)N2CCCC23CCCCC3)cc1. The van der Waals surface area contributed by atoms with Crippen LogP contribution in [0.15, 0.2) is 29.2 Å². The minimum Gasteiger partial charge on any atom is -0.207 e. The Balaban J connectivity index is 1.95. The number of nitrogens with zero attached hydrogens (tertiary/aromatic N) is 1. The Hall–Kier alpha value is -0.870. The number of rotatable bonds is 2. The van der Waals surface area contributed by atoms with Crippen LogP contribution in [0.2, 0.25) is 0 Å². The van der Waals surface area contributed by atoms with Crippen LogP contribution in [0.25, 0.3) is 0 Å². The van der Waals surface area contributed by atoms with Crippen molar-refractivity contribution < 1.29 is 8.42 Å². The van der Waals surface area contributed by atoms with E-state index in [4.69, 9.17) is 0 Å². The van der Waals surface area contributed by atoms with Gasteiger partial charge in [-0.3, -0.25) is 0 Å². The van der Waals surface area contributed by atoms with E-state index in [1.807, 2.05) is 23.4 Å². The molecule has 1 aromatic rings. The van der Waals surface area contributed by atoms with Crippen LogP contribution < -0.4 is 0 Å². The van der Waals surface area contributed by atoms with Gasteiger partial charge in [0.15, 0.2) is 0 Å². The lowest BCUT2D eigenvalue weighted by Gasteiger charge is -2.40. The van der Waals surface area contributed by atoms with Crippen LogP contribution in [0, 0.1) is 6.92 Å². The summed E-state index contributed by atoms with van der Waals surface area (Å²) in [4.78, 5) is 0.454. The minimum absolute atomic E-state index is 0.0814. The molecule has 1 heterocycles. The average Bonchev–Trinajstić information content (AvgIpc) is 2.84. The number of benzene rings is 1. The van der Waals surface area contributed by atoms with E-state index >= 15 is 0 Å². The number of hydrogen-bond acceptors (Lipinski definition) is 2. The maximum atomic E-state index is 12.9. The summed E-state index contributed by atoms with van der Waals surface area (Å²) in [6.45, 7) is 2.67. The molecule has 1 saturated carbocycles. The first kappa shape index (κ1) is 14.1. The third kappa shape index (κ3) is 2.29. The Bertz CT molecular complexity index is 571. The summed E-state index contributed by atoms with van der Waals surface area (Å²) in [6, 6.07) is 7.27. The maximum Gasteiger partial charge on any atom is 0.243 e. The molecule has 4 heteroatoms. The van der Waals surface area contributed by atoms with Crippen LogP contribution in [0.4, 0.5) is 0 Å². The van der Waals surface area contributed by atoms with Crippen molar-refractivity contribution in [3.05, 3.63) is 29.8 Å². The van der Waals surface area contributed by atoms with Gasteiger partial charge in [0.2, 0.25) is 10.0 Å². The van der Waals surface area contributed by atoms with E-state index in [0.717, 1.165) is 31.2 Å². The van der Waals surface area contributed by atoms with Crippen molar-refractivity contribution in [2.75, 3.05) is 6.54 Å². The molecule has 110 valence electrons. The van der Waals surface area contributed by atoms with Gasteiger partial charge in [0.05, 0.1) is 4.90 Å². The molecule has 1 aliphatic heterocycles. The molecular weight excluding hydrogens is 270 g/mol. The first-order chi connectivity index (χ1) is 9.55. The molecule has 0 N–H and O–H groups in total. The highest BCUT2D eigenvalue weighted by Gasteiger charge is 2.47. The van der Waals surface area contributed by atoms with Gasteiger partial charge in [-0.25, -0.2) is 8.42 Å². The van der Waals surface area contributed by atoms with Gasteiger partial charge in [-0.15, -0.1) is 0 Å². The summed E-state index contributed by atoms with van der Waals surface area (Å²) < 4.78 is 27.7. The van der Waals surface area contributed by atoms with E-state index in [-0.39, 0.29) is 5.54 Å². The predicted octanol–water partition coefficient (Wildman–Crippen LogP) is 3.48. The molecule has 0 unspecified atom stereocenters. The zero-order valence-electron chi connectivity index (χ0n) is 12.1. The second-order valence-electron chi connectivity index (χ2n) is 6.28. The summed E-state index contributed by atoms with van der Waals surface area (Å²) in [6.07, 6.45) is 7.71. The van der Waals surface area contributed by atoms with Crippen molar-refractivity contribution in [3.63, 3.8) is 0 Å². The largest absolute Gasteiger partial charge is 0.243 e. The fourth-order valence-electron chi connectivity index (χ4n) is 3.84. The van der Waals surface area contributed by atoms with Gasteiger partial charge < -0.3 is 0 Å². The van der Waals surface area contributed by atoms with E-state index < -0.39 is 10.0 Å². The van der Waals surface area contributed by atoms with Crippen LogP contribution in [0.1, 0.15) is 50.5 Å². The Kier molecular flexibility index (Phi) is 3.63. The van der Waals surface area contributed by atoms with Gasteiger partial charge in [-0.1, -0.05) is 37.0 Å². The van der Waals surface area contributed by atoms with Gasteiger partial charge in [-0.05, 0) is 44.7 Å². The topological polar surface area (TPSA) is 37.4 Å². The summed E-state index contributed by atoms with van der Waals surface area (Å²) in [5.41, 5.74) is 1.01. The van der Waals surface area contributed by atoms with E-state index in [2.05, 4.69) is 0 Å². The molecule has 1 aliphatic carbocycles. The fraction of sp³-hybridized carbons (Fsp3) is 0.625. The van der Waals surface area contributed by atoms with Gasteiger partial charge in [0.1, 0.15) is 0 Å². The monoisotopic (exact) mass is 293 g/mol. The Morgan fingerprint density at radius 1 is 0.950 bits per heavy atom. The van der Waals surface area contributed by atoms with Crippen LogP contribution in [-0.4, -0.2) is 24.8 Å². The normalized spacial score (nSPS) is 23.2. The van der Waals surface area contributed by atoms with Gasteiger partial charge in [0.25, 0.3) is 0 Å². The zero-order valence-corrected chi connectivity index (χ0v) is 13.0. The Labute approximate surface area is 122 Å². The fourth-order valence-corrected chi connectivity index (χ4v) is 5.72. The maximum absolute atomic E-state index is 12.9. The van der Waals surface area contributed by atoms with Crippen LogP contribution in [0.5, 0.6) is 0 Å². The van der Waals surface area contributed by atoms with Crippen molar-refractivity contribution in [2.45, 2.75) is 62.3 Å². The molecule has 3 rings (SSSR count). The second kappa shape index (κ2) is 5.15. The first-order valence-corrected chi connectivity index (χ1v) is 9.08. The smallest absolute Gasteiger partial charge is 0.207 e. The molecule has 0 amide bonds. The zero-order chi connectivity index (χ0) is 14.2. The van der Waals surface area contributed by atoms with Gasteiger partial charge >= 0.3 is 0 Å². The molecule has 0 bridgehead atoms. The predicted molar refractivity (Wildman–Crippen MR) is 80.1 cm³/mol. The van der Waals surface area contributed by atoms with E-state index in [1.165, 1.54) is 19.3 Å². The number of aryl methyl sites for hydroxylation is 1. The van der Waals surface area contributed by atoms with Crippen LogP contribution in [0.3, 0.4) is 0 Å². The molecular formula is C16H23NO2S. The summed E-state index contributed by atoms with van der Waals surface area (Å²) in [5.74, 6) is 0. The molecule has 2 aliphatic rings. The van der Waals surface area contributed by atoms with Crippen molar-refractivity contribution >= 4 is 10.0 Å². The summed E-state index contributed by atoms with van der Waals surface area (Å²) in [5, 5.41) is 0. The molecule has 1 aromatic carbocycles. The Morgan fingerprint density at radius 3 is 2.20 bits per heavy atom. The molecule has 0 atom stereocenters. The lowest BCUT2D eigenvalue weighted by molar-refractivity contribution is 0.171. The molecule has 2 fully saturated rings. The molecule has 1 spiro atoms. The molecule has 20 heavy (non-hydrogen) atoms. The molecule has 3 nitrogen and oxygen atoms in total. The molecule has 1 saturated heterocycles. The Morgan fingerprint density at radius 2 is 1.55 bits per heavy atom. The minimum atomic E-state index is -3.33. The van der Waals surface area contributed by atoms with Gasteiger partial charge in [0, 0.05) is 12.1 Å². The third-order valence-corrected chi connectivity index (χ3v) is 6.94. The van der Waals surface area contributed by atoms with E-state index in [0.29, 0.717) is 11.4 Å². The highest BCUT2D eigenvalue weighted by molar-refractivity contribution is 7.89. The highest BCUT2D eigenvalue weighted by Crippen LogP contribution is 2.44. The molecule has 0 radical (unpaired) electrons. The average molecular weight is 293 g/mol. The lowest BCUT2D eigenvalue weighted by Crippen LogP contribution is -2.48. The van der Waals surface area contributed by atoms with Crippen LogP contribution >= 0.6 is 0 Å². The number of sulfonamides is 1. The summed E-state index contributed by atoms with van der Waals surface area (Å²) >= 11 is 0. The van der Waals surface area contributed by atoms with E-state index in [9.17, 15) is 8.42 Å². The number of hydrogen-bond donors (Lipinski definition) is 0. The van der Waals surface area contributed by atoms with Crippen molar-refractivity contribution in [2.24, 2.45) is 0 Å². The standard InChI is InChI=1S/C16H23NO2S/c1-14-6-8-15(9-7-14)20(18,19)17-13-5-12-16(17)10-3-2-4-11-16/h6-9H,2-5,10-13H2,1H3. The van der Waals surface area contributed by atoms with E-state index in [1.54, 1.807) is 12.1 Å². The summed E-state index contributed by atoms with van der Waals surface area (Å²) in [7, 11) is -3.33. The van der Waals surface area contributed by atoms with Gasteiger partial charge in [-0.2, -0.15) is 4.31 Å². The first-order valence-electron chi connectivity index (χ1n) is 7.64. The second-order valence-corrected chi connectivity index (χ2v) is 8.14.